The van der Waals surface area contributed by atoms with Gasteiger partial charge in [-0.2, -0.15) is 0 Å². The Balaban J connectivity index is 2.22. The van der Waals surface area contributed by atoms with Gasteiger partial charge in [0.1, 0.15) is 6.04 Å². The molecule has 0 radical (unpaired) electrons. The minimum atomic E-state index is -0.533. The van der Waals surface area contributed by atoms with E-state index in [1.807, 2.05) is 75.4 Å². The van der Waals surface area contributed by atoms with Gasteiger partial charge in [-0.3, -0.25) is 9.59 Å². The molecule has 0 aliphatic heterocycles. The van der Waals surface area contributed by atoms with E-state index in [0.717, 1.165) is 23.1 Å². The standard InChI is InChI=1S/C23H30N2O2/c1-5-18(3)24-23(27)19(4)25(16-21-14-10-9-11-17(21)2)22(26)15-20-12-7-6-8-13-20/h6-14,18-19H,5,15-16H2,1-4H3,(H,24,27)/t18-,19+/m1/s1. The summed E-state index contributed by atoms with van der Waals surface area (Å²) in [6.07, 6.45) is 1.14. The van der Waals surface area contributed by atoms with E-state index in [4.69, 9.17) is 0 Å². The van der Waals surface area contributed by atoms with E-state index >= 15 is 0 Å². The van der Waals surface area contributed by atoms with E-state index in [1.54, 1.807) is 11.8 Å². The normalized spacial score (nSPS) is 12.9. The molecule has 0 saturated carbocycles. The van der Waals surface area contributed by atoms with Crippen LogP contribution in [-0.4, -0.2) is 28.8 Å². The first-order chi connectivity index (χ1) is 12.9. The second-order valence-corrected chi connectivity index (χ2v) is 7.10. The van der Waals surface area contributed by atoms with Crippen molar-refractivity contribution in [2.45, 2.75) is 59.2 Å². The molecular formula is C23H30N2O2. The van der Waals surface area contributed by atoms with Crippen LogP contribution in [0.2, 0.25) is 0 Å². The lowest BCUT2D eigenvalue weighted by Crippen LogP contribution is -2.50. The Morgan fingerprint density at radius 2 is 1.63 bits per heavy atom. The van der Waals surface area contributed by atoms with Crippen molar-refractivity contribution in [3.05, 3.63) is 71.3 Å². The Hall–Kier alpha value is -2.62. The minimum absolute atomic E-state index is 0.0451. The van der Waals surface area contributed by atoms with Gasteiger partial charge in [-0.05, 0) is 43.9 Å². The van der Waals surface area contributed by atoms with Gasteiger partial charge in [0, 0.05) is 12.6 Å². The lowest BCUT2D eigenvalue weighted by atomic mass is 10.1. The van der Waals surface area contributed by atoms with Crippen molar-refractivity contribution in [2.24, 2.45) is 0 Å². The Kier molecular flexibility index (Phi) is 7.59. The number of carbonyl (C=O) groups is 2. The second-order valence-electron chi connectivity index (χ2n) is 7.10. The summed E-state index contributed by atoms with van der Waals surface area (Å²) in [5.74, 6) is -0.157. The molecule has 2 aromatic carbocycles. The summed E-state index contributed by atoms with van der Waals surface area (Å²) in [6.45, 7) is 8.26. The molecule has 27 heavy (non-hydrogen) atoms. The molecule has 0 fully saturated rings. The number of hydrogen-bond donors (Lipinski definition) is 1. The first-order valence-electron chi connectivity index (χ1n) is 9.60. The topological polar surface area (TPSA) is 49.4 Å². The summed E-state index contributed by atoms with van der Waals surface area (Å²) < 4.78 is 0. The fourth-order valence-corrected chi connectivity index (χ4v) is 2.89. The van der Waals surface area contributed by atoms with Crippen molar-refractivity contribution >= 4 is 11.8 Å². The van der Waals surface area contributed by atoms with Gasteiger partial charge in [0.05, 0.1) is 6.42 Å². The molecule has 0 saturated heterocycles. The highest BCUT2D eigenvalue weighted by Crippen LogP contribution is 2.15. The van der Waals surface area contributed by atoms with Gasteiger partial charge >= 0.3 is 0 Å². The molecule has 0 unspecified atom stereocenters. The molecule has 4 heteroatoms. The summed E-state index contributed by atoms with van der Waals surface area (Å²) in [5, 5.41) is 3.00. The number of aryl methyl sites for hydroxylation is 1. The maximum Gasteiger partial charge on any atom is 0.242 e. The van der Waals surface area contributed by atoms with Gasteiger partial charge in [0.25, 0.3) is 0 Å². The van der Waals surface area contributed by atoms with E-state index in [9.17, 15) is 9.59 Å². The molecule has 2 atom stereocenters. The number of hydrogen-bond acceptors (Lipinski definition) is 2. The van der Waals surface area contributed by atoms with Crippen LogP contribution in [0.3, 0.4) is 0 Å². The number of amides is 2. The number of carbonyl (C=O) groups excluding carboxylic acids is 2. The predicted molar refractivity (Wildman–Crippen MR) is 109 cm³/mol. The third-order valence-electron chi connectivity index (χ3n) is 4.97. The van der Waals surface area contributed by atoms with Gasteiger partial charge in [-0.15, -0.1) is 0 Å². The predicted octanol–water partition coefficient (Wildman–Crippen LogP) is 3.87. The molecule has 0 aliphatic carbocycles. The van der Waals surface area contributed by atoms with E-state index in [2.05, 4.69) is 5.32 Å². The summed E-state index contributed by atoms with van der Waals surface area (Å²) in [6, 6.07) is 17.2. The van der Waals surface area contributed by atoms with Gasteiger partial charge in [-0.1, -0.05) is 61.5 Å². The number of rotatable bonds is 8. The average Bonchev–Trinajstić information content (AvgIpc) is 2.67. The van der Waals surface area contributed by atoms with Crippen molar-refractivity contribution in [2.75, 3.05) is 0 Å². The smallest absolute Gasteiger partial charge is 0.242 e. The lowest BCUT2D eigenvalue weighted by Gasteiger charge is -2.30. The fraction of sp³-hybridized carbons (Fsp3) is 0.391. The zero-order chi connectivity index (χ0) is 19.8. The van der Waals surface area contributed by atoms with Crippen molar-refractivity contribution in [3.63, 3.8) is 0 Å². The van der Waals surface area contributed by atoms with E-state index in [1.165, 1.54) is 0 Å². The molecule has 0 heterocycles. The molecule has 2 amide bonds. The van der Waals surface area contributed by atoms with Crippen LogP contribution in [0.1, 0.15) is 43.9 Å². The van der Waals surface area contributed by atoms with E-state index < -0.39 is 6.04 Å². The van der Waals surface area contributed by atoms with Crippen LogP contribution in [0.5, 0.6) is 0 Å². The Morgan fingerprint density at radius 1 is 1.00 bits per heavy atom. The number of nitrogens with zero attached hydrogens (tertiary/aromatic N) is 1. The molecule has 4 nitrogen and oxygen atoms in total. The van der Waals surface area contributed by atoms with Crippen LogP contribution in [0.4, 0.5) is 0 Å². The largest absolute Gasteiger partial charge is 0.352 e. The molecule has 144 valence electrons. The first kappa shape index (κ1) is 20.7. The highest BCUT2D eigenvalue weighted by Gasteiger charge is 2.27. The molecule has 0 bridgehead atoms. The molecule has 1 N–H and O–H groups in total. The molecule has 0 aromatic heterocycles. The quantitative estimate of drug-likeness (QED) is 0.771. The monoisotopic (exact) mass is 366 g/mol. The van der Waals surface area contributed by atoms with Crippen LogP contribution >= 0.6 is 0 Å². The van der Waals surface area contributed by atoms with Crippen LogP contribution < -0.4 is 5.32 Å². The lowest BCUT2D eigenvalue weighted by molar-refractivity contribution is -0.140. The Labute approximate surface area is 162 Å². The van der Waals surface area contributed by atoms with Crippen LogP contribution in [-0.2, 0) is 22.6 Å². The summed E-state index contributed by atoms with van der Waals surface area (Å²) >= 11 is 0. The van der Waals surface area contributed by atoms with Gasteiger partial charge in [-0.25, -0.2) is 0 Å². The zero-order valence-corrected chi connectivity index (χ0v) is 16.7. The first-order valence-corrected chi connectivity index (χ1v) is 9.60. The zero-order valence-electron chi connectivity index (χ0n) is 16.7. The third-order valence-corrected chi connectivity index (χ3v) is 4.97. The maximum absolute atomic E-state index is 13.1. The SMILES string of the molecule is CC[C@@H](C)NC(=O)[C@H](C)N(Cc1ccccc1C)C(=O)Cc1ccccc1. The average molecular weight is 367 g/mol. The summed E-state index contributed by atoms with van der Waals surface area (Å²) in [7, 11) is 0. The number of benzene rings is 2. The molecule has 0 spiro atoms. The Bertz CT molecular complexity index is 758. The molecular weight excluding hydrogens is 336 g/mol. The number of nitrogens with one attached hydrogen (secondary N) is 1. The Morgan fingerprint density at radius 3 is 2.26 bits per heavy atom. The van der Waals surface area contributed by atoms with Gasteiger partial charge in [0.2, 0.25) is 11.8 Å². The van der Waals surface area contributed by atoms with Gasteiger partial charge in [0.15, 0.2) is 0 Å². The highest BCUT2D eigenvalue weighted by atomic mass is 16.2. The minimum Gasteiger partial charge on any atom is -0.352 e. The molecule has 2 rings (SSSR count). The highest BCUT2D eigenvalue weighted by molar-refractivity contribution is 5.88. The molecule has 0 aliphatic rings. The van der Waals surface area contributed by atoms with Crippen LogP contribution in [0.25, 0.3) is 0 Å². The molecule has 2 aromatic rings. The third kappa shape index (κ3) is 5.95. The second kappa shape index (κ2) is 9.91. The van der Waals surface area contributed by atoms with Crippen molar-refractivity contribution < 1.29 is 9.59 Å². The maximum atomic E-state index is 13.1. The summed E-state index contributed by atoms with van der Waals surface area (Å²) in [5.41, 5.74) is 3.12. The van der Waals surface area contributed by atoms with E-state index in [0.29, 0.717) is 6.54 Å². The van der Waals surface area contributed by atoms with Crippen molar-refractivity contribution in [1.82, 2.24) is 10.2 Å². The van der Waals surface area contributed by atoms with E-state index in [-0.39, 0.29) is 24.3 Å². The van der Waals surface area contributed by atoms with Crippen molar-refractivity contribution in [3.8, 4) is 0 Å². The fourth-order valence-electron chi connectivity index (χ4n) is 2.89. The van der Waals surface area contributed by atoms with Crippen molar-refractivity contribution in [1.29, 1.82) is 0 Å². The van der Waals surface area contributed by atoms with Crippen LogP contribution in [0.15, 0.2) is 54.6 Å². The summed E-state index contributed by atoms with van der Waals surface area (Å²) in [4.78, 5) is 27.4. The van der Waals surface area contributed by atoms with Crippen LogP contribution in [0, 0.1) is 6.92 Å². The van der Waals surface area contributed by atoms with Gasteiger partial charge < -0.3 is 10.2 Å².